The molecule has 234 valence electrons. The van der Waals surface area contributed by atoms with Gasteiger partial charge in [0.05, 0.1) is 24.1 Å². The number of benzene rings is 1. The molecule has 12 heteroatoms. The van der Waals surface area contributed by atoms with Gasteiger partial charge in [-0.3, -0.25) is 9.59 Å². The Morgan fingerprint density at radius 3 is 2.51 bits per heavy atom. The molecule has 2 atom stereocenters. The third kappa shape index (κ3) is 7.65. The lowest BCUT2D eigenvalue weighted by Crippen LogP contribution is -2.42. The van der Waals surface area contributed by atoms with Crippen molar-refractivity contribution in [2.75, 3.05) is 39.6 Å². The molecular weight excluding hydrogens is 561 g/mol. The predicted molar refractivity (Wildman–Crippen MR) is 159 cm³/mol. The van der Waals surface area contributed by atoms with E-state index in [2.05, 4.69) is 20.2 Å². The lowest BCUT2D eigenvalue weighted by molar-refractivity contribution is -0.138. The number of hydrogen-bond donors (Lipinski definition) is 2. The molecule has 1 saturated heterocycles. The smallest absolute Gasteiger partial charge is 0.419 e. The van der Waals surface area contributed by atoms with Crippen LogP contribution in [0.2, 0.25) is 0 Å². The average molecular weight is 603 g/mol. The summed E-state index contributed by atoms with van der Waals surface area (Å²) in [6, 6.07) is 3.25. The minimum Gasteiger partial charge on any atom is -0.494 e. The standard InChI is InChI=1S/C31H41F3N6O3/c1-19(41)40(3)26-11-6-5-8-20(26)9-7-10-24-23(31(32,33)34)18-36-30(37-24)38-25-13-12-22(29(35)42)27(28(25)43-4)21-14-16-39(2)17-15-21/h7,10,12-13,18,20-21,26H,5-6,8-9,11,14-17H2,1-4H3,(H2,35,42)(H,36,37,38). The van der Waals surface area contributed by atoms with E-state index in [4.69, 9.17) is 10.5 Å². The predicted octanol–water partition coefficient (Wildman–Crippen LogP) is 5.60. The van der Waals surface area contributed by atoms with Gasteiger partial charge in [0.25, 0.3) is 0 Å². The zero-order chi connectivity index (χ0) is 31.3. The highest BCUT2D eigenvalue weighted by molar-refractivity contribution is 5.96. The largest absolute Gasteiger partial charge is 0.494 e. The van der Waals surface area contributed by atoms with E-state index in [1.807, 2.05) is 7.05 Å². The number of nitrogens with zero attached hydrogens (tertiary/aromatic N) is 4. The number of ether oxygens (including phenoxy) is 1. The number of alkyl halides is 3. The first-order chi connectivity index (χ1) is 20.4. The van der Waals surface area contributed by atoms with E-state index in [-0.39, 0.29) is 35.4 Å². The van der Waals surface area contributed by atoms with Crippen LogP contribution in [0.3, 0.4) is 0 Å². The van der Waals surface area contributed by atoms with Gasteiger partial charge >= 0.3 is 6.18 Å². The van der Waals surface area contributed by atoms with E-state index < -0.39 is 17.6 Å². The molecule has 2 aromatic rings. The van der Waals surface area contributed by atoms with Crippen LogP contribution in [0, 0.1) is 5.92 Å². The molecule has 2 unspecified atom stereocenters. The second-order valence-electron chi connectivity index (χ2n) is 11.5. The van der Waals surface area contributed by atoms with Crippen molar-refractivity contribution in [2.45, 2.75) is 70.0 Å². The molecule has 43 heavy (non-hydrogen) atoms. The quantitative estimate of drug-likeness (QED) is 0.384. The number of nitrogens with one attached hydrogen (secondary N) is 1. The monoisotopic (exact) mass is 602 g/mol. The average Bonchev–Trinajstić information content (AvgIpc) is 2.96. The van der Waals surface area contributed by atoms with Gasteiger partial charge in [0, 0.05) is 37.3 Å². The third-order valence-corrected chi connectivity index (χ3v) is 8.74. The molecule has 2 heterocycles. The van der Waals surface area contributed by atoms with Crippen LogP contribution in [0.5, 0.6) is 5.75 Å². The molecule has 1 aliphatic heterocycles. The number of carbonyl (C=O) groups is 2. The number of allylic oxidation sites excluding steroid dienone is 1. The minimum absolute atomic E-state index is 0.0214. The second-order valence-corrected chi connectivity index (χ2v) is 11.5. The summed E-state index contributed by atoms with van der Waals surface area (Å²) in [5.74, 6) is -0.0770. The molecule has 1 aromatic carbocycles. The number of methoxy groups -OCH3 is 1. The highest BCUT2D eigenvalue weighted by Crippen LogP contribution is 2.42. The molecule has 4 rings (SSSR count). The number of piperidine rings is 1. The number of nitrogens with two attached hydrogens (primary N) is 1. The maximum Gasteiger partial charge on any atom is 0.419 e. The molecule has 9 nitrogen and oxygen atoms in total. The van der Waals surface area contributed by atoms with E-state index in [1.54, 1.807) is 30.2 Å². The molecule has 0 spiro atoms. The van der Waals surface area contributed by atoms with Crippen LogP contribution in [0.4, 0.5) is 24.8 Å². The van der Waals surface area contributed by atoms with Gasteiger partial charge < -0.3 is 25.6 Å². The van der Waals surface area contributed by atoms with Crippen molar-refractivity contribution in [3.05, 3.63) is 46.8 Å². The first-order valence-corrected chi connectivity index (χ1v) is 14.7. The Balaban J connectivity index is 1.64. The van der Waals surface area contributed by atoms with E-state index in [9.17, 15) is 22.8 Å². The van der Waals surface area contributed by atoms with Crippen molar-refractivity contribution in [3.63, 3.8) is 0 Å². The number of carbonyl (C=O) groups excluding carboxylic acids is 2. The van der Waals surface area contributed by atoms with Gasteiger partial charge in [-0.25, -0.2) is 9.97 Å². The fourth-order valence-electron chi connectivity index (χ4n) is 6.32. The van der Waals surface area contributed by atoms with Crippen molar-refractivity contribution in [3.8, 4) is 5.75 Å². The van der Waals surface area contributed by atoms with E-state index in [1.165, 1.54) is 20.1 Å². The van der Waals surface area contributed by atoms with E-state index >= 15 is 0 Å². The number of anilines is 2. The lowest BCUT2D eigenvalue weighted by Gasteiger charge is -2.37. The molecule has 1 saturated carbocycles. The molecule has 0 bridgehead atoms. The van der Waals surface area contributed by atoms with Gasteiger partial charge in [0.2, 0.25) is 17.8 Å². The number of likely N-dealkylation sites (tertiary alicyclic amines) is 1. The Morgan fingerprint density at radius 1 is 1.19 bits per heavy atom. The lowest BCUT2D eigenvalue weighted by atomic mass is 9.81. The van der Waals surface area contributed by atoms with Crippen LogP contribution < -0.4 is 15.8 Å². The van der Waals surface area contributed by atoms with Crippen LogP contribution in [0.25, 0.3) is 6.08 Å². The molecular formula is C31H41F3N6O3. The summed E-state index contributed by atoms with van der Waals surface area (Å²) in [6.07, 6.45) is 5.14. The molecule has 1 aliphatic carbocycles. The van der Waals surface area contributed by atoms with Crippen LogP contribution in [-0.2, 0) is 11.0 Å². The Bertz CT molecular complexity index is 1340. The minimum atomic E-state index is -4.65. The molecule has 2 amide bonds. The Hall–Kier alpha value is -3.67. The van der Waals surface area contributed by atoms with Crippen LogP contribution >= 0.6 is 0 Å². The molecule has 0 radical (unpaired) electrons. The summed E-state index contributed by atoms with van der Waals surface area (Å²) >= 11 is 0. The molecule has 2 aliphatic rings. The van der Waals surface area contributed by atoms with Gasteiger partial charge in [-0.05, 0) is 82.3 Å². The third-order valence-electron chi connectivity index (χ3n) is 8.74. The summed E-state index contributed by atoms with van der Waals surface area (Å²) in [5.41, 5.74) is 5.95. The van der Waals surface area contributed by atoms with E-state index in [0.29, 0.717) is 29.0 Å². The topological polar surface area (TPSA) is 114 Å². The fourth-order valence-corrected chi connectivity index (χ4v) is 6.32. The number of halogens is 3. The molecule has 1 aromatic heterocycles. The van der Waals surface area contributed by atoms with Crippen molar-refractivity contribution < 1.29 is 27.5 Å². The molecule has 3 N–H and O–H groups in total. The number of hydrogen-bond acceptors (Lipinski definition) is 7. The van der Waals surface area contributed by atoms with Gasteiger partial charge in [0.1, 0.15) is 5.75 Å². The van der Waals surface area contributed by atoms with Gasteiger partial charge in [0.15, 0.2) is 0 Å². The van der Waals surface area contributed by atoms with Crippen LogP contribution in [0.15, 0.2) is 24.4 Å². The van der Waals surface area contributed by atoms with Gasteiger partial charge in [-0.1, -0.05) is 18.9 Å². The Labute approximate surface area is 250 Å². The van der Waals surface area contributed by atoms with Crippen molar-refractivity contribution >= 4 is 29.5 Å². The fraction of sp³-hybridized carbons (Fsp3) is 0.548. The Kier molecular flexibility index (Phi) is 10.3. The SMILES string of the molecule is COc1c(Nc2ncc(C(F)(F)F)c(C=CCC3CCCCC3N(C)C(C)=O)n2)ccc(C(N)=O)c1C1CCN(C)CC1. The molecule has 2 fully saturated rings. The highest BCUT2D eigenvalue weighted by Gasteiger charge is 2.35. The van der Waals surface area contributed by atoms with Gasteiger partial charge in [-0.2, -0.15) is 13.2 Å². The Morgan fingerprint density at radius 2 is 1.88 bits per heavy atom. The van der Waals surface area contributed by atoms with Crippen molar-refractivity contribution in [1.82, 2.24) is 19.8 Å². The maximum absolute atomic E-state index is 13.9. The summed E-state index contributed by atoms with van der Waals surface area (Å²) in [5, 5.41) is 3.02. The van der Waals surface area contributed by atoms with E-state index in [0.717, 1.165) is 57.8 Å². The second kappa shape index (κ2) is 13.7. The van der Waals surface area contributed by atoms with Crippen molar-refractivity contribution in [1.29, 1.82) is 0 Å². The number of primary amides is 1. The number of aromatic nitrogens is 2. The normalized spacial score (nSPS) is 20.3. The van der Waals surface area contributed by atoms with Crippen molar-refractivity contribution in [2.24, 2.45) is 11.7 Å². The van der Waals surface area contributed by atoms with Crippen LogP contribution in [-0.4, -0.2) is 71.9 Å². The van der Waals surface area contributed by atoms with Crippen LogP contribution in [0.1, 0.15) is 85.0 Å². The van der Waals surface area contributed by atoms with Gasteiger partial charge in [-0.15, -0.1) is 0 Å². The first-order valence-electron chi connectivity index (χ1n) is 14.7. The number of amides is 2. The zero-order valence-corrected chi connectivity index (χ0v) is 25.2. The summed E-state index contributed by atoms with van der Waals surface area (Å²) in [6.45, 7) is 3.21. The highest BCUT2D eigenvalue weighted by atomic mass is 19.4. The first kappa shape index (κ1) is 32.2. The summed E-state index contributed by atoms with van der Waals surface area (Å²) in [4.78, 5) is 36.4. The summed E-state index contributed by atoms with van der Waals surface area (Å²) < 4.78 is 47.5. The summed E-state index contributed by atoms with van der Waals surface area (Å²) in [7, 11) is 5.29. The number of rotatable bonds is 9. The zero-order valence-electron chi connectivity index (χ0n) is 25.2. The maximum atomic E-state index is 13.9.